The second-order valence-corrected chi connectivity index (χ2v) is 52.0. The van der Waals surface area contributed by atoms with Crippen LogP contribution >= 0.6 is 17.0 Å². The molecule has 0 saturated carbocycles. The van der Waals surface area contributed by atoms with Gasteiger partial charge in [-0.2, -0.15) is 0 Å². The Morgan fingerprint density at radius 3 is 2.23 bits per heavy atom. The van der Waals surface area contributed by atoms with Crippen LogP contribution in [0, 0.1) is 0 Å². The summed E-state index contributed by atoms with van der Waals surface area (Å²) in [5.74, 6) is -1.42. The molecule has 3 aromatic rings. The molecule has 2 aliphatic rings. The number of allylic oxidation sites excluding steroid dienone is 2. The average Bonchev–Trinajstić information content (AvgIpc) is 3.35. The van der Waals surface area contributed by atoms with Crippen LogP contribution in [0.2, 0.25) is 13.1 Å². The molecule has 2 aliphatic carbocycles. The van der Waals surface area contributed by atoms with E-state index in [2.05, 4.69) is 111 Å². The summed E-state index contributed by atoms with van der Waals surface area (Å²) in [4.78, 5) is 0. The molecule has 4 heteroatoms. The Hall–Kier alpha value is -1.18. The Balaban J connectivity index is 1.70. The fourth-order valence-corrected chi connectivity index (χ4v) is 35.9. The Bertz CT molecular complexity index is 1230. The summed E-state index contributed by atoms with van der Waals surface area (Å²) in [6, 6.07) is 26.0. The molecule has 0 saturated heterocycles. The Labute approximate surface area is 194 Å². The van der Waals surface area contributed by atoms with E-state index in [1.54, 1.807) is 0 Å². The van der Waals surface area contributed by atoms with Crippen LogP contribution in [0.3, 0.4) is 0 Å². The zero-order chi connectivity index (χ0) is 21.8. The molecule has 3 aromatic carbocycles. The van der Waals surface area contributed by atoms with Crippen molar-refractivity contribution in [1.29, 1.82) is 0 Å². The Morgan fingerprint density at radius 2 is 1.48 bits per heavy atom. The molecule has 0 bridgehead atoms. The maximum atomic E-state index is 8.04. The van der Waals surface area contributed by atoms with Crippen LogP contribution in [-0.2, 0) is 15.6 Å². The molecule has 0 nitrogen and oxygen atoms in total. The predicted octanol–water partition coefficient (Wildman–Crippen LogP) is 8.56. The molecule has 0 radical (unpaired) electrons. The van der Waals surface area contributed by atoms with E-state index in [0.29, 0.717) is 0 Å². The molecule has 0 spiro atoms. The van der Waals surface area contributed by atoms with Crippen molar-refractivity contribution >= 4 is 35.1 Å². The van der Waals surface area contributed by atoms with Crippen LogP contribution in [-0.4, -0.2) is 5.92 Å². The summed E-state index contributed by atoms with van der Waals surface area (Å²) in [6.07, 6.45) is 6.95. The van der Waals surface area contributed by atoms with Crippen molar-refractivity contribution in [2.75, 3.05) is 0 Å². The van der Waals surface area contributed by atoms with E-state index < -0.39 is 21.5 Å². The topological polar surface area (TPSA) is 0 Å². The van der Waals surface area contributed by atoms with Crippen molar-refractivity contribution in [2.45, 2.75) is 27.3 Å². The van der Waals surface area contributed by atoms with Gasteiger partial charge in [0, 0.05) is 0 Å². The van der Waals surface area contributed by atoms with Gasteiger partial charge in [0.1, 0.15) is 0 Å². The van der Waals surface area contributed by atoms with E-state index in [1.807, 2.05) is 0 Å². The van der Waals surface area contributed by atoms with Gasteiger partial charge >= 0.3 is 196 Å². The minimum atomic E-state index is -4.40. The van der Waals surface area contributed by atoms with Gasteiger partial charge in [-0.3, -0.25) is 0 Å². The standard InChI is InChI=1S/C15H11.C10H9.C2H7Si.2ClH.Zr/c1-2-6-12(7-3-1)14-10-4-8-13-9-5-11-15(13)14;1-8-6-9-4-2-3-5-10(9)7-8;1-3-2;;;/h1-11H;2-7H,1H3;3H,1-2H3;2*1H;/q;;;;;+2/p-2. The first-order valence-electron chi connectivity index (χ1n) is 11.0. The van der Waals surface area contributed by atoms with Gasteiger partial charge < -0.3 is 0 Å². The third-order valence-corrected chi connectivity index (χ3v) is 59.6. The second kappa shape index (κ2) is 7.70. The van der Waals surface area contributed by atoms with Gasteiger partial charge in [0.2, 0.25) is 0 Å². The van der Waals surface area contributed by atoms with E-state index in [9.17, 15) is 0 Å². The van der Waals surface area contributed by atoms with Gasteiger partial charge in [-0.1, -0.05) is 0 Å². The monoisotopic (exact) mass is 539 g/mol. The maximum absolute atomic E-state index is 8.04. The van der Waals surface area contributed by atoms with Crippen LogP contribution in [0.25, 0.3) is 23.3 Å². The second-order valence-electron chi connectivity index (χ2n) is 9.34. The summed E-state index contributed by atoms with van der Waals surface area (Å²) in [6.45, 7) is 7.00. The van der Waals surface area contributed by atoms with Crippen LogP contribution in [0.15, 0.2) is 84.4 Å². The van der Waals surface area contributed by atoms with Crippen molar-refractivity contribution in [3.63, 3.8) is 0 Å². The van der Waals surface area contributed by atoms with E-state index in [1.165, 1.54) is 39.0 Å². The Kier molecular flexibility index (Phi) is 5.38. The van der Waals surface area contributed by atoms with Crippen LogP contribution in [0.1, 0.15) is 36.4 Å². The number of hydrogen-bond acceptors (Lipinski definition) is 0. The molecule has 0 amide bonds. The first-order valence-corrected chi connectivity index (χ1v) is 27.3. The van der Waals surface area contributed by atoms with E-state index >= 15 is 0 Å². The molecule has 0 aliphatic heterocycles. The van der Waals surface area contributed by atoms with Crippen molar-refractivity contribution in [2.24, 2.45) is 0 Å². The number of fused-ring (bicyclic) bond motifs is 2. The predicted molar refractivity (Wildman–Crippen MR) is 137 cm³/mol. The molecular weight excluding hydrogens is 515 g/mol. The average molecular weight is 542 g/mol. The summed E-state index contributed by atoms with van der Waals surface area (Å²) < 4.78 is 0.336. The van der Waals surface area contributed by atoms with Crippen LogP contribution in [0.5, 0.6) is 0 Å². The number of hydrogen-bond donors (Lipinski definition) is 0. The summed E-state index contributed by atoms with van der Waals surface area (Å²) >= 11 is -4.40. The number of rotatable bonds is 4. The van der Waals surface area contributed by atoms with Gasteiger partial charge in [-0.05, 0) is 0 Å². The molecule has 0 fully saturated rings. The van der Waals surface area contributed by atoms with Gasteiger partial charge in [0.05, 0.1) is 0 Å². The molecule has 0 aromatic heterocycles. The molecule has 0 heterocycles. The summed E-state index contributed by atoms with van der Waals surface area (Å²) in [7, 11) is 16.1. The third kappa shape index (κ3) is 3.17. The first kappa shape index (κ1) is 21.7. The van der Waals surface area contributed by atoms with E-state index in [-0.39, 0.29) is 7.25 Å². The molecule has 5 rings (SSSR count). The Morgan fingerprint density at radius 1 is 0.806 bits per heavy atom. The molecule has 0 N–H and O–H groups in total. The van der Waals surface area contributed by atoms with Crippen molar-refractivity contribution in [3.05, 3.63) is 107 Å². The van der Waals surface area contributed by atoms with E-state index in [0.717, 1.165) is 0 Å². The fourth-order valence-electron chi connectivity index (χ4n) is 5.77. The molecule has 2 atom stereocenters. The van der Waals surface area contributed by atoms with Gasteiger partial charge in [-0.25, -0.2) is 0 Å². The van der Waals surface area contributed by atoms with Gasteiger partial charge in [0.25, 0.3) is 0 Å². The minimum absolute atomic E-state index is 0.148. The molecule has 2 unspecified atom stereocenters. The molecule has 157 valence electrons. The van der Waals surface area contributed by atoms with Crippen LogP contribution in [0.4, 0.5) is 0 Å². The SMILES string of the molecule is CC1=Cc2ccccc2[CH]1[Zr]([Cl])([Cl])([CH]1C=Cc2c(-c3ccccc3)cccc21)[SiH](C)C. The molecule has 31 heavy (non-hydrogen) atoms. The van der Waals surface area contributed by atoms with Crippen molar-refractivity contribution in [1.82, 2.24) is 0 Å². The zero-order valence-corrected chi connectivity index (χ0v) is 23.3. The molecular formula is C27H27Cl2SiZr. The zero-order valence-electron chi connectivity index (χ0n) is 18.1. The third-order valence-electron chi connectivity index (χ3n) is 7.41. The quantitative estimate of drug-likeness (QED) is 0.290. The normalized spacial score (nSPS) is 20.8. The van der Waals surface area contributed by atoms with E-state index in [4.69, 9.17) is 17.0 Å². The van der Waals surface area contributed by atoms with Gasteiger partial charge in [-0.15, -0.1) is 0 Å². The van der Waals surface area contributed by atoms with Gasteiger partial charge in [0.15, 0.2) is 0 Å². The summed E-state index contributed by atoms with van der Waals surface area (Å²) in [5, 5.41) is 0. The fraction of sp³-hybridized carbons (Fsp3) is 0.185. The van der Waals surface area contributed by atoms with Crippen molar-refractivity contribution < 1.29 is 15.6 Å². The first-order chi connectivity index (χ1) is 14.8. The summed E-state index contributed by atoms with van der Waals surface area (Å²) in [5.41, 5.74) is 9.12. The number of benzene rings is 3. The van der Waals surface area contributed by atoms with Crippen molar-refractivity contribution in [3.8, 4) is 11.1 Å². The van der Waals surface area contributed by atoms with Crippen LogP contribution < -0.4 is 0 Å². The number of halogens is 2.